The van der Waals surface area contributed by atoms with Gasteiger partial charge in [0.25, 0.3) is 5.91 Å². The molecule has 0 aromatic carbocycles. The highest BCUT2D eigenvalue weighted by Gasteiger charge is 2.27. The van der Waals surface area contributed by atoms with Crippen LogP contribution in [0.2, 0.25) is 0 Å². The van der Waals surface area contributed by atoms with E-state index in [-0.39, 0.29) is 11.9 Å². The Morgan fingerprint density at radius 1 is 1.36 bits per heavy atom. The molecule has 8 nitrogen and oxygen atoms in total. The van der Waals surface area contributed by atoms with Crippen LogP contribution >= 0.6 is 0 Å². The van der Waals surface area contributed by atoms with Crippen molar-refractivity contribution in [3.63, 3.8) is 0 Å². The van der Waals surface area contributed by atoms with E-state index in [9.17, 15) is 4.79 Å². The lowest BCUT2D eigenvalue weighted by Gasteiger charge is -2.35. The fraction of sp³-hybridized carbons (Fsp3) is 0.400. The maximum atomic E-state index is 12.9. The van der Waals surface area contributed by atoms with Gasteiger partial charge >= 0.3 is 0 Å². The van der Waals surface area contributed by atoms with Gasteiger partial charge in [-0.05, 0) is 31.5 Å². The number of oxazole rings is 1. The van der Waals surface area contributed by atoms with E-state index in [1.165, 1.54) is 6.26 Å². The molecule has 0 atom stereocenters. The molecule has 3 aromatic rings. The highest BCUT2D eigenvalue weighted by molar-refractivity contribution is 5.92. The second-order valence-corrected chi connectivity index (χ2v) is 6.99. The maximum Gasteiger partial charge on any atom is 0.275 e. The molecule has 1 saturated heterocycles. The van der Waals surface area contributed by atoms with E-state index in [1.807, 2.05) is 25.2 Å². The number of aromatic nitrogens is 4. The molecule has 1 aliphatic rings. The first kappa shape index (κ1) is 18.4. The van der Waals surface area contributed by atoms with Gasteiger partial charge in [-0.3, -0.25) is 14.9 Å². The summed E-state index contributed by atoms with van der Waals surface area (Å²) in [6.45, 7) is 5.26. The third kappa shape index (κ3) is 3.55. The highest BCUT2D eigenvalue weighted by atomic mass is 16.3. The number of pyridine rings is 1. The lowest BCUT2D eigenvalue weighted by atomic mass is 10.0. The summed E-state index contributed by atoms with van der Waals surface area (Å²) in [6.07, 6.45) is 6.72. The number of H-pyrrole nitrogens is 1. The van der Waals surface area contributed by atoms with Crippen LogP contribution in [0.15, 0.2) is 41.3 Å². The average Bonchev–Trinajstić information content (AvgIpc) is 3.43. The summed E-state index contributed by atoms with van der Waals surface area (Å²) in [6, 6.07) is 5.86. The molecule has 146 valence electrons. The van der Waals surface area contributed by atoms with Crippen molar-refractivity contribution < 1.29 is 9.21 Å². The van der Waals surface area contributed by atoms with Crippen molar-refractivity contribution in [2.45, 2.75) is 25.8 Å². The fourth-order valence-corrected chi connectivity index (χ4v) is 3.62. The van der Waals surface area contributed by atoms with Crippen molar-refractivity contribution in [3.8, 4) is 22.8 Å². The lowest BCUT2D eigenvalue weighted by molar-refractivity contribution is 0.0641. The topological polar surface area (TPSA) is 91.2 Å². The number of likely N-dealkylation sites (tertiary alicyclic amines) is 1. The fourth-order valence-electron chi connectivity index (χ4n) is 3.62. The van der Waals surface area contributed by atoms with Gasteiger partial charge < -0.3 is 14.2 Å². The molecule has 3 aromatic heterocycles. The minimum absolute atomic E-state index is 0.118. The average molecular weight is 380 g/mol. The molecule has 0 radical (unpaired) electrons. The van der Waals surface area contributed by atoms with E-state index in [0.29, 0.717) is 22.8 Å². The Morgan fingerprint density at radius 2 is 2.18 bits per heavy atom. The Hall–Kier alpha value is -3.00. The van der Waals surface area contributed by atoms with E-state index < -0.39 is 0 Å². The van der Waals surface area contributed by atoms with E-state index in [4.69, 9.17) is 4.42 Å². The van der Waals surface area contributed by atoms with Gasteiger partial charge in [0.15, 0.2) is 5.69 Å². The van der Waals surface area contributed by atoms with Gasteiger partial charge in [-0.25, -0.2) is 4.98 Å². The van der Waals surface area contributed by atoms with Crippen molar-refractivity contribution in [2.24, 2.45) is 0 Å². The number of nitrogens with one attached hydrogen (secondary N) is 1. The first-order valence-corrected chi connectivity index (χ1v) is 9.57. The van der Waals surface area contributed by atoms with Gasteiger partial charge in [0.2, 0.25) is 5.89 Å². The second-order valence-electron chi connectivity index (χ2n) is 6.99. The molecule has 0 unspecified atom stereocenters. The summed E-state index contributed by atoms with van der Waals surface area (Å²) in [7, 11) is 1.85. The first-order chi connectivity index (χ1) is 13.7. The minimum Gasteiger partial charge on any atom is -0.443 e. The minimum atomic E-state index is -0.118. The molecule has 0 aliphatic carbocycles. The van der Waals surface area contributed by atoms with Gasteiger partial charge in [-0.1, -0.05) is 13.0 Å². The van der Waals surface area contributed by atoms with Crippen LogP contribution in [0.5, 0.6) is 0 Å². The standard InChI is InChI=1S/C20H24N6O2/c1-3-26-10-7-14(8-11-26)25(2)20(27)17-13-28-19(23-17)15-12-22-24-18(15)16-6-4-5-9-21-16/h4-6,9,12-14H,3,7-8,10-11H2,1-2H3,(H,22,24). The van der Waals surface area contributed by atoms with Gasteiger partial charge in [-0.15, -0.1) is 0 Å². The predicted octanol–water partition coefficient (Wildman–Crippen LogP) is 2.68. The van der Waals surface area contributed by atoms with Gasteiger partial charge in [-0.2, -0.15) is 5.10 Å². The van der Waals surface area contributed by atoms with E-state index in [2.05, 4.69) is 32.0 Å². The summed E-state index contributed by atoms with van der Waals surface area (Å²) in [5.74, 6) is 0.236. The summed E-state index contributed by atoms with van der Waals surface area (Å²) >= 11 is 0. The van der Waals surface area contributed by atoms with Crippen molar-refractivity contribution >= 4 is 5.91 Å². The number of aromatic amines is 1. The van der Waals surface area contributed by atoms with Gasteiger partial charge in [0.1, 0.15) is 6.26 Å². The quantitative estimate of drug-likeness (QED) is 0.732. The number of hydrogen-bond donors (Lipinski definition) is 1. The zero-order chi connectivity index (χ0) is 19.5. The SMILES string of the molecule is CCN1CCC(N(C)C(=O)c2coc(-c3cn[nH]c3-c3ccccn3)n2)CC1. The van der Waals surface area contributed by atoms with Crippen LogP contribution in [0.3, 0.4) is 0 Å². The second kappa shape index (κ2) is 7.93. The van der Waals surface area contributed by atoms with Gasteiger partial charge in [0, 0.05) is 32.4 Å². The number of nitrogens with zero attached hydrogens (tertiary/aromatic N) is 5. The molecule has 4 rings (SSSR count). The Balaban J connectivity index is 1.51. The third-order valence-electron chi connectivity index (χ3n) is 5.39. The van der Waals surface area contributed by atoms with E-state index in [1.54, 1.807) is 17.3 Å². The Kier molecular flexibility index (Phi) is 5.21. The molecule has 1 fully saturated rings. The van der Waals surface area contributed by atoms with Crippen LogP contribution in [0.1, 0.15) is 30.3 Å². The van der Waals surface area contributed by atoms with Crippen LogP contribution < -0.4 is 0 Å². The summed E-state index contributed by atoms with van der Waals surface area (Å²) in [5, 5.41) is 7.02. The molecule has 0 spiro atoms. The Labute approximate surface area is 163 Å². The Bertz CT molecular complexity index is 927. The van der Waals surface area contributed by atoms with Crippen LogP contribution in [-0.4, -0.2) is 68.6 Å². The summed E-state index contributed by atoms with van der Waals surface area (Å²) in [4.78, 5) is 25.8. The highest BCUT2D eigenvalue weighted by Crippen LogP contribution is 2.28. The normalized spacial score (nSPS) is 15.6. The van der Waals surface area contributed by atoms with Crippen LogP contribution in [0.4, 0.5) is 0 Å². The summed E-state index contributed by atoms with van der Waals surface area (Å²) in [5.41, 5.74) is 2.43. The largest absolute Gasteiger partial charge is 0.443 e. The van der Waals surface area contributed by atoms with Crippen molar-refractivity contribution in [2.75, 3.05) is 26.7 Å². The van der Waals surface area contributed by atoms with E-state index >= 15 is 0 Å². The maximum absolute atomic E-state index is 12.9. The molecule has 0 saturated carbocycles. The molecule has 4 heterocycles. The molecule has 1 N–H and O–H groups in total. The van der Waals surface area contributed by atoms with Crippen LogP contribution in [-0.2, 0) is 0 Å². The van der Waals surface area contributed by atoms with Crippen LogP contribution in [0.25, 0.3) is 22.8 Å². The number of hydrogen-bond acceptors (Lipinski definition) is 6. The van der Waals surface area contributed by atoms with E-state index in [0.717, 1.165) is 38.2 Å². The smallest absolute Gasteiger partial charge is 0.275 e. The lowest BCUT2D eigenvalue weighted by Crippen LogP contribution is -2.45. The number of carbonyl (C=O) groups excluding carboxylic acids is 1. The third-order valence-corrected chi connectivity index (χ3v) is 5.39. The number of rotatable bonds is 5. The van der Waals surface area contributed by atoms with Crippen molar-refractivity contribution in [3.05, 3.63) is 42.5 Å². The molecule has 28 heavy (non-hydrogen) atoms. The Morgan fingerprint density at radius 3 is 2.89 bits per heavy atom. The molecule has 1 aliphatic heterocycles. The molecule has 1 amide bonds. The monoisotopic (exact) mass is 380 g/mol. The molecular weight excluding hydrogens is 356 g/mol. The van der Waals surface area contributed by atoms with Crippen molar-refractivity contribution in [1.82, 2.24) is 30.0 Å². The molecular formula is C20H24N6O2. The predicted molar refractivity (Wildman–Crippen MR) is 105 cm³/mol. The van der Waals surface area contributed by atoms with Crippen molar-refractivity contribution in [1.29, 1.82) is 0 Å². The molecule has 8 heteroatoms. The van der Waals surface area contributed by atoms with Gasteiger partial charge in [0.05, 0.1) is 23.1 Å². The zero-order valence-electron chi connectivity index (χ0n) is 16.1. The zero-order valence-corrected chi connectivity index (χ0v) is 16.1. The first-order valence-electron chi connectivity index (χ1n) is 9.57. The number of carbonyl (C=O) groups is 1. The van der Waals surface area contributed by atoms with Crippen LogP contribution in [0, 0.1) is 0 Å². The number of amides is 1. The molecule has 0 bridgehead atoms. The number of piperidine rings is 1. The summed E-state index contributed by atoms with van der Waals surface area (Å²) < 4.78 is 5.61.